The van der Waals surface area contributed by atoms with Gasteiger partial charge in [0, 0.05) is 21.1 Å². The SMILES string of the molecule is C/C(=C/c1ccc(-c2ccccc2)s1)NC(=O)N(C=O)CC(=O)Nc1ccc(C)cc1. The molecular weight excluding hydrogens is 410 g/mol. The molecule has 0 fully saturated rings. The Morgan fingerprint density at radius 1 is 1.00 bits per heavy atom. The van der Waals surface area contributed by atoms with Crippen molar-refractivity contribution in [1.29, 1.82) is 0 Å². The minimum Gasteiger partial charge on any atom is -0.325 e. The molecule has 4 amide bonds. The zero-order valence-electron chi connectivity index (χ0n) is 17.3. The third-order valence-corrected chi connectivity index (χ3v) is 5.47. The highest BCUT2D eigenvalue weighted by Gasteiger charge is 2.17. The monoisotopic (exact) mass is 433 g/mol. The fraction of sp³-hybridized carbons (Fsp3) is 0.125. The number of allylic oxidation sites excluding steroid dienone is 1. The fourth-order valence-corrected chi connectivity index (χ4v) is 3.84. The Kier molecular flexibility index (Phi) is 7.35. The van der Waals surface area contributed by atoms with Crippen molar-refractivity contribution < 1.29 is 14.4 Å². The highest BCUT2D eigenvalue weighted by Crippen LogP contribution is 2.28. The normalized spacial score (nSPS) is 11.0. The number of nitrogens with one attached hydrogen (secondary N) is 2. The molecule has 7 heteroatoms. The van der Waals surface area contributed by atoms with Crippen LogP contribution in [0.4, 0.5) is 10.5 Å². The maximum atomic E-state index is 12.4. The van der Waals surface area contributed by atoms with Gasteiger partial charge in [-0.2, -0.15) is 0 Å². The molecule has 3 rings (SSSR count). The maximum absolute atomic E-state index is 12.4. The summed E-state index contributed by atoms with van der Waals surface area (Å²) >= 11 is 1.59. The van der Waals surface area contributed by atoms with Gasteiger partial charge in [-0.15, -0.1) is 11.3 Å². The van der Waals surface area contributed by atoms with E-state index >= 15 is 0 Å². The molecule has 6 nitrogen and oxygen atoms in total. The van der Waals surface area contributed by atoms with E-state index in [0.717, 1.165) is 25.8 Å². The topological polar surface area (TPSA) is 78.5 Å². The number of imide groups is 1. The minimum absolute atomic E-state index is 0.343. The summed E-state index contributed by atoms with van der Waals surface area (Å²) in [5, 5.41) is 5.32. The molecule has 2 aromatic carbocycles. The molecule has 0 spiro atoms. The lowest BCUT2D eigenvalue weighted by Gasteiger charge is -2.16. The van der Waals surface area contributed by atoms with Crippen molar-refractivity contribution in [2.24, 2.45) is 0 Å². The van der Waals surface area contributed by atoms with E-state index in [0.29, 0.717) is 17.8 Å². The molecule has 0 unspecified atom stereocenters. The van der Waals surface area contributed by atoms with Crippen molar-refractivity contribution in [2.75, 3.05) is 11.9 Å². The maximum Gasteiger partial charge on any atom is 0.328 e. The van der Waals surface area contributed by atoms with Crippen LogP contribution in [0, 0.1) is 6.92 Å². The van der Waals surface area contributed by atoms with Gasteiger partial charge in [-0.3, -0.25) is 14.5 Å². The predicted octanol–water partition coefficient (Wildman–Crippen LogP) is 4.89. The van der Waals surface area contributed by atoms with Crippen molar-refractivity contribution in [1.82, 2.24) is 10.2 Å². The number of hydrogen-bond acceptors (Lipinski definition) is 4. The molecule has 1 heterocycles. The Hall–Kier alpha value is -3.71. The van der Waals surface area contributed by atoms with Crippen LogP contribution in [-0.2, 0) is 9.59 Å². The Bertz CT molecular complexity index is 1090. The molecule has 158 valence electrons. The quantitative estimate of drug-likeness (QED) is 0.521. The molecule has 3 aromatic rings. The van der Waals surface area contributed by atoms with E-state index < -0.39 is 11.9 Å². The van der Waals surface area contributed by atoms with Crippen LogP contribution in [0.3, 0.4) is 0 Å². The van der Waals surface area contributed by atoms with Crippen LogP contribution in [-0.4, -0.2) is 29.8 Å². The molecule has 0 aliphatic rings. The van der Waals surface area contributed by atoms with Crippen LogP contribution >= 0.6 is 11.3 Å². The number of amides is 4. The summed E-state index contributed by atoms with van der Waals surface area (Å²) in [6.45, 7) is 3.29. The summed E-state index contributed by atoms with van der Waals surface area (Å²) in [4.78, 5) is 38.8. The summed E-state index contributed by atoms with van der Waals surface area (Å²) in [6.07, 6.45) is 2.17. The summed E-state index contributed by atoms with van der Waals surface area (Å²) in [5.74, 6) is -0.460. The van der Waals surface area contributed by atoms with E-state index in [1.54, 1.807) is 30.4 Å². The number of urea groups is 1. The minimum atomic E-state index is -0.664. The molecule has 0 radical (unpaired) electrons. The number of carbonyl (C=O) groups excluding carboxylic acids is 3. The van der Waals surface area contributed by atoms with Gasteiger partial charge in [0.15, 0.2) is 0 Å². The Balaban J connectivity index is 1.58. The van der Waals surface area contributed by atoms with E-state index in [9.17, 15) is 14.4 Å². The Morgan fingerprint density at radius 2 is 1.71 bits per heavy atom. The fourth-order valence-electron chi connectivity index (χ4n) is 2.83. The van der Waals surface area contributed by atoms with Crippen molar-refractivity contribution in [3.05, 3.63) is 82.9 Å². The highest BCUT2D eigenvalue weighted by molar-refractivity contribution is 7.16. The summed E-state index contributed by atoms with van der Waals surface area (Å²) in [6, 6.07) is 20.6. The lowest BCUT2D eigenvalue weighted by Crippen LogP contribution is -2.42. The molecule has 1 aromatic heterocycles. The lowest BCUT2D eigenvalue weighted by atomic mass is 10.2. The van der Waals surface area contributed by atoms with Gasteiger partial charge in [-0.05, 0) is 49.8 Å². The molecule has 2 N–H and O–H groups in total. The van der Waals surface area contributed by atoms with Gasteiger partial charge in [0.1, 0.15) is 6.54 Å². The molecule has 0 aliphatic heterocycles. The molecular formula is C24H23N3O3S. The average molecular weight is 434 g/mol. The summed E-state index contributed by atoms with van der Waals surface area (Å²) in [7, 11) is 0. The Labute approximate surface area is 185 Å². The van der Waals surface area contributed by atoms with Crippen molar-refractivity contribution in [3.8, 4) is 10.4 Å². The first kappa shape index (κ1) is 22.0. The number of aryl methyl sites for hydroxylation is 1. The third-order valence-electron chi connectivity index (χ3n) is 4.39. The molecule has 0 saturated carbocycles. The molecule has 0 atom stereocenters. The van der Waals surface area contributed by atoms with Crippen LogP contribution in [0.5, 0.6) is 0 Å². The molecule has 31 heavy (non-hydrogen) atoms. The largest absolute Gasteiger partial charge is 0.328 e. The van der Waals surface area contributed by atoms with Crippen LogP contribution in [0.2, 0.25) is 0 Å². The molecule has 0 saturated heterocycles. The van der Waals surface area contributed by atoms with E-state index in [4.69, 9.17) is 0 Å². The summed E-state index contributed by atoms with van der Waals surface area (Å²) < 4.78 is 0. The van der Waals surface area contributed by atoms with Gasteiger partial charge in [0.2, 0.25) is 12.3 Å². The van der Waals surface area contributed by atoms with Gasteiger partial charge in [0.05, 0.1) is 0 Å². The van der Waals surface area contributed by atoms with E-state index in [2.05, 4.69) is 10.6 Å². The lowest BCUT2D eigenvalue weighted by molar-refractivity contribution is -0.123. The zero-order chi connectivity index (χ0) is 22.2. The number of hydrogen-bond donors (Lipinski definition) is 2. The second kappa shape index (κ2) is 10.4. The van der Waals surface area contributed by atoms with Crippen LogP contribution in [0.1, 0.15) is 17.4 Å². The second-order valence-electron chi connectivity index (χ2n) is 6.97. The average Bonchev–Trinajstić information content (AvgIpc) is 3.22. The van der Waals surface area contributed by atoms with Crippen molar-refractivity contribution >= 4 is 41.4 Å². The molecule has 0 aliphatic carbocycles. The Morgan fingerprint density at radius 3 is 2.39 bits per heavy atom. The number of nitrogens with zero attached hydrogens (tertiary/aromatic N) is 1. The summed E-state index contributed by atoms with van der Waals surface area (Å²) in [5.41, 5.74) is 3.36. The second-order valence-corrected chi connectivity index (χ2v) is 8.09. The highest BCUT2D eigenvalue weighted by atomic mass is 32.1. The number of carbonyl (C=O) groups is 3. The standard InChI is InChI=1S/C24H23N3O3S/c1-17-8-10-20(11-9-17)26-23(29)15-27(16-28)24(30)25-18(2)14-21-12-13-22(31-21)19-6-4-3-5-7-19/h3-14,16H,15H2,1-2H3,(H,25,30)(H,26,29)/b18-14-. The predicted molar refractivity (Wildman–Crippen MR) is 125 cm³/mol. The number of thiophene rings is 1. The van der Waals surface area contributed by atoms with Crippen LogP contribution in [0.25, 0.3) is 16.5 Å². The third kappa shape index (κ3) is 6.38. The van der Waals surface area contributed by atoms with E-state index in [1.165, 1.54) is 0 Å². The van der Waals surface area contributed by atoms with Gasteiger partial charge in [-0.25, -0.2) is 4.79 Å². The van der Waals surface area contributed by atoms with E-state index in [1.807, 2.05) is 67.6 Å². The number of benzene rings is 2. The van der Waals surface area contributed by atoms with Gasteiger partial charge in [-0.1, -0.05) is 48.0 Å². The van der Waals surface area contributed by atoms with Crippen molar-refractivity contribution in [2.45, 2.75) is 13.8 Å². The van der Waals surface area contributed by atoms with Gasteiger partial charge in [0.25, 0.3) is 0 Å². The van der Waals surface area contributed by atoms with Gasteiger partial charge < -0.3 is 10.6 Å². The van der Waals surface area contributed by atoms with Crippen LogP contribution in [0.15, 0.2) is 72.4 Å². The van der Waals surface area contributed by atoms with Crippen LogP contribution < -0.4 is 10.6 Å². The number of anilines is 1. The first-order valence-electron chi connectivity index (χ1n) is 9.67. The smallest absolute Gasteiger partial charge is 0.325 e. The van der Waals surface area contributed by atoms with E-state index in [-0.39, 0.29) is 6.54 Å². The van der Waals surface area contributed by atoms with Crippen molar-refractivity contribution in [3.63, 3.8) is 0 Å². The first-order valence-corrected chi connectivity index (χ1v) is 10.5. The van der Waals surface area contributed by atoms with Gasteiger partial charge >= 0.3 is 6.03 Å². The number of rotatable bonds is 7. The molecule has 0 bridgehead atoms. The first-order chi connectivity index (χ1) is 14.9. The zero-order valence-corrected chi connectivity index (χ0v) is 18.1.